The number of hydrogen-bond donors (Lipinski definition) is 0. The molecular formula is C8H9BrClN. The van der Waals surface area contributed by atoms with Gasteiger partial charge in [-0.15, -0.1) is 0 Å². The Morgan fingerprint density at radius 2 is 2.27 bits per heavy atom. The molecule has 0 spiro atoms. The van der Waals surface area contributed by atoms with Gasteiger partial charge in [0.25, 0.3) is 0 Å². The molecule has 1 rings (SSSR count). The van der Waals surface area contributed by atoms with E-state index in [9.17, 15) is 0 Å². The molecule has 0 aliphatic rings. The lowest BCUT2D eigenvalue weighted by Gasteiger charge is -2.04. The summed E-state index contributed by atoms with van der Waals surface area (Å²) < 4.78 is 0.803. The number of pyridine rings is 1. The molecule has 0 fully saturated rings. The Bertz CT molecular complexity index is 250. The van der Waals surface area contributed by atoms with Crippen LogP contribution in [0.5, 0.6) is 0 Å². The zero-order valence-corrected chi connectivity index (χ0v) is 8.83. The lowest BCUT2D eigenvalue weighted by Crippen LogP contribution is -1.91. The van der Waals surface area contributed by atoms with Gasteiger partial charge in [-0.25, -0.2) is 4.98 Å². The molecule has 11 heavy (non-hydrogen) atoms. The van der Waals surface area contributed by atoms with Gasteiger partial charge in [0.05, 0.1) is 0 Å². The van der Waals surface area contributed by atoms with Crippen molar-refractivity contribution in [1.29, 1.82) is 0 Å². The Hall–Kier alpha value is -0.0800. The Morgan fingerprint density at radius 3 is 2.73 bits per heavy atom. The smallest absolute Gasteiger partial charge is 0.133 e. The van der Waals surface area contributed by atoms with E-state index in [1.807, 2.05) is 13.0 Å². The molecule has 0 aliphatic heterocycles. The van der Waals surface area contributed by atoms with E-state index in [1.54, 1.807) is 0 Å². The van der Waals surface area contributed by atoms with E-state index in [2.05, 4.69) is 27.8 Å². The average molecular weight is 235 g/mol. The van der Waals surface area contributed by atoms with Crippen molar-refractivity contribution in [2.45, 2.75) is 20.3 Å². The average Bonchev–Trinajstić information content (AvgIpc) is 1.85. The number of hydrogen-bond acceptors (Lipinski definition) is 1. The second-order valence-corrected chi connectivity index (χ2v) is 3.56. The van der Waals surface area contributed by atoms with Crippen molar-refractivity contribution < 1.29 is 0 Å². The lowest BCUT2D eigenvalue weighted by molar-refractivity contribution is 1.06. The molecule has 0 atom stereocenters. The Morgan fingerprint density at radius 1 is 1.64 bits per heavy atom. The van der Waals surface area contributed by atoms with Crippen LogP contribution in [0.25, 0.3) is 0 Å². The van der Waals surface area contributed by atoms with Crippen LogP contribution in [0.4, 0.5) is 0 Å². The molecule has 0 saturated heterocycles. The summed E-state index contributed by atoms with van der Waals surface area (Å²) in [5.74, 6) is 0. The fraction of sp³-hybridized carbons (Fsp3) is 0.375. The Balaban J connectivity index is 3.25. The van der Waals surface area contributed by atoms with Crippen LogP contribution in [-0.2, 0) is 6.42 Å². The first-order valence-corrected chi connectivity index (χ1v) is 4.63. The van der Waals surface area contributed by atoms with Crippen LogP contribution in [0.3, 0.4) is 0 Å². The maximum absolute atomic E-state index is 5.89. The summed E-state index contributed by atoms with van der Waals surface area (Å²) in [6.45, 7) is 4.11. The zero-order chi connectivity index (χ0) is 8.43. The molecule has 0 aromatic carbocycles. The van der Waals surface area contributed by atoms with Gasteiger partial charge in [-0.3, -0.25) is 0 Å². The molecule has 1 nitrogen and oxygen atoms in total. The van der Waals surface area contributed by atoms with Crippen LogP contribution in [0, 0.1) is 6.92 Å². The van der Waals surface area contributed by atoms with Crippen LogP contribution in [0.2, 0.25) is 5.15 Å². The van der Waals surface area contributed by atoms with Crippen molar-refractivity contribution in [1.82, 2.24) is 4.98 Å². The third-order valence-corrected chi connectivity index (χ3v) is 2.34. The molecule has 1 aromatic heterocycles. The second-order valence-electron chi connectivity index (χ2n) is 2.38. The highest BCUT2D eigenvalue weighted by atomic mass is 79.9. The molecule has 0 aliphatic carbocycles. The molecule has 0 unspecified atom stereocenters. The van der Waals surface area contributed by atoms with Crippen LogP contribution in [-0.4, -0.2) is 4.98 Å². The summed E-state index contributed by atoms with van der Waals surface area (Å²) in [6.07, 6.45) is 0.935. The van der Waals surface area contributed by atoms with Crippen molar-refractivity contribution in [3.05, 3.63) is 26.9 Å². The number of rotatable bonds is 1. The summed E-state index contributed by atoms with van der Waals surface area (Å²) in [5.41, 5.74) is 2.33. The fourth-order valence-corrected chi connectivity index (χ4v) is 2.04. The molecule has 1 aromatic rings. The monoisotopic (exact) mass is 233 g/mol. The highest BCUT2D eigenvalue weighted by Gasteiger charge is 2.03. The van der Waals surface area contributed by atoms with Gasteiger partial charge in [0.15, 0.2) is 0 Å². The number of nitrogens with zero attached hydrogens (tertiary/aromatic N) is 1. The molecule has 0 saturated carbocycles. The minimum Gasteiger partial charge on any atom is -0.229 e. The van der Waals surface area contributed by atoms with E-state index < -0.39 is 0 Å². The largest absolute Gasteiger partial charge is 0.229 e. The highest BCUT2D eigenvalue weighted by Crippen LogP contribution is 2.21. The topological polar surface area (TPSA) is 12.9 Å². The van der Waals surface area contributed by atoms with Crippen molar-refractivity contribution in [3.8, 4) is 0 Å². The molecule has 0 bridgehead atoms. The van der Waals surface area contributed by atoms with E-state index in [0.29, 0.717) is 5.15 Å². The van der Waals surface area contributed by atoms with Crippen molar-refractivity contribution in [2.24, 2.45) is 0 Å². The van der Waals surface area contributed by atoms with Crippen LogP contribution < -0.4 is 0 Å². The molecule has 3 heteroatoms. The minimum atomic E-state index is 0.611. The predicted molar refractivity (Wildman–Crippen MR) is 51.1 cm³/mol. The summed E-state index contributed by atoms with van der Waals surface area (Å²) in [6, 6.07) is 1.98. The van der Waals surface area contributed by atoms with Crippen molar-refractivity contribution >= 4 is 27.5 Å². The molecular weight excluding hydrogens is 225 g/mol. The normalized spacial score (nSPS) is 10.2. The van der Waals surface area contributed by atoms with Crippen LogP contribution in [0.15, 0.2) is 10.7 Å². The predicted octanol–water partition coefficient (Wildman–Crippen LogP) is 3.37. The van der Waals surface area contributed by atoms with Gasteiger partial charge < -0.3 is 0 Å². The van der Waals surface area contributed by atoms with Crippen molar-refractivity contribution in [2.75, 3.05) is 0 Å². The minimum absolute atomic E-state index is 0.611. The molecule has 0 radical (unpaired) electrons. The standard InChI is InChI=1S/C8H9BrClN/c1-3-6-5(2)4-7(9)11-8(6)10/h4H,3H2,1-2H3. The third-order valence-electron chi connectivity index (χ3n) is 1.62. The Labute approximate surface area is 79.9 Å². The van der Waals surface area contributed by atoms with E-state index in [-0.39, 0.29) is 0 Å². The van der Waals surface area contributed by atoms with E-state index in [4.69, 9.17) is 11.6 Å². The number of aromatic nitrogens is 1. The van der Waals surface area contributed by atoms with Gasteiger partial charge in [0.2, 0.25) is 0 Å². The lowest BCUT2D eigenvalue weighted by atomic mass is 10.1. The first-order chi connectivity index (χ1) is 5.15. The summed E-state index contributed by atoms with van der Waals surface area (Å²) in [4.78, 5) is 4.09. The van der Waals surface area contributed by atoms with Gasteiger partial charge >= 0.3 is 0 Å². The number of aryl methyl sites for hydroxylation is 1. The van der Waals surface area contributed by atoms with Crippen LogP contribution >= 0.6 is 27.5 Å². The van der Waals surface area contributed by atoms with Crippen LogP contribution in [0.1, 0.15) is 18.1 Å². The zero-order valence-electron chi connectivity index (χ0n) is 6.49. The summed E-state index contributed by atoms with van der Waals surface area (Å²) in [7, 11) is 0. The van der Waals surface area contributed by atoms with E-state index in [1.165, 1.54) is 5.56 Å². The first-order valence-electron chi connectivity index (χ1n) is 3.46. The maximum Gasteiger partial charge on any atom is 0.133 e. The summed E-state index contributed by atoms with van der Waals surface area (Å²) >= 11 is 9.17. The summed E-state index contributed by atoms with van der Waals surface area (Å²) in [5, 5.41) is 0.611. The van der Waals surface area contributed by atoms with E-state index in [0.717, 1.165) is 16.6 Å². The van der Waals surface area contributed by atoms with Gasteiger partial charge in [0, 0.05) is 0 Å². The second kappa shape index (κ2) is 3.55. The molecule has 60 valence electrons. The SMILES string of the molecule is CCc1c(C)cc(Br)nc1Cl. The quantitative estimate of drug-likeness (QED) is 0.679. The van der Waals surface area contributed by atoms with Gasteiger partial charge in [0.1, 0.15) is 9.76 Å². The highest BCUT2D eigenvalue weighted by molar-refractivity contribution is 9.10. The fourth-order valence-electron chi connectivity index (χ4n) is 1.05. The van der Waals surface area contributed by atoms with Gasteiger partial charge in [-0.2, -0.15) is 0 Å². The molecule has 1 heterocycles. The first kappa shape index (κ1) is 9.01. The van der Waals surface area contributed by atoms with Crippen molar-refractivity contribution in [3.63, 3.8) is 0 Å². The van der Waals surface area contributed by atoms with Gasteiger partial charge in [-0.1, -0.05) is 18.5 Å². The molecule has 0 amide bonds. The Kier molecular flexibility index (Phi) is 2.90. The number of halogens is 2. The van der Waals surface area contributed by atoms with E-state index >= 15 is 0 Å². The molecule has 0 N–H and O–H groups in total. The third kappa shape index (κ3) is 1.94. The van der Waals surface area contributed by atoms with Gasteiger partial charge in [-0.05, 0) is 46.5 Å². The maximum atomic E-state index is 5.89.